The van der Waals surface area contributed by atoms with E-state index in [-0.39, 0.29) is 12.7 Å². The quantitative estimate of drug-likeness (QED) is 0.583. The Labute approximate surface area is 65.4 Å². The molecule has 0 saturated carbocycles. The summed E-state index contributed by atoms with van der Waals surface area (Å²) in [6, 6.07) is 10.1. The minimum absolute atomic E-state index is 0.150. The summed E-state index contributed by atoms with van der Waals surface area (Å²) < 4.78 is 12.1. The van der Waals surface area contributed by atoms with Gasteiger partial charge in [0.1, 0.15) is 6.67 Å². The summed E-state index contributed by atoms with van der Waals surface area (Å²) in [7, 11) is 0. The van der Waals surface area contributed by atoms with Crippen molar-refractivity contribution in [3.63, 3.8) is 0 Å². The van der Waals surface area contributed by atoms with Gasteiger partial charge in [-0.05, 0) is 12.1 Å². The lowest BCUT2D eigenvalue weighted by Crippen LogP contribution is -1.99. The summed E-state index contributed by atoms with van der Waals surface area (Å²) in [5.74, 6) is 0. The molecule has 0 spiro atoms. The number of anilines is 1. The molecule has 0 aliphatic carbocycles. The van der Waals surface area contributed by atoms with E-state index in [4.69, 9.17) is 0 Å². The molecule has 1 heterocycles. The van der Waals surface area contributed by atoms with Crippen LogP contribution in [0.25, 0.3) is 0 Å². The van der Waals surface area contributed by atoms with E-state index >= 15 is 0 Å². The summed E-state index contributed by atoms with van der Waals surface area (Å²) in [5.41, 5.74) is 1.13. The highest BCUT2D eigenvalue weighted by Gasteiger charge is 2.33. The maximum atomic E-state index is 12.1. The molecule has 0 radical (unpaired) electrons. The van der Waals surface area contributed by atoms with Gasteiger partial charge in [0.05, 0.1) is 6.04 Å². The number of para-hydroxylation sites is 1. The van der Waals surface area contributed by atoms with Crippen molar-refractivity contribution in [2.75, 3.05) is 18.1 Å². The van der Waals surface area contributed by atoms with Crippen molar-refractivity contribution < 1.29 is 4.39 Å². The zero-order valence-corrected chi connectivity index (χ0v) is 6.20. The van der Waals surface area contributed by atoms with Crippen LogP contribution in [0.5, 0.6) is 0 Å². The van der Waals surface area contributed by atoms with Crippen LogP contribution in [0.4, 0.5) is 10.1 Å². The fourth-order valence-corrected chi connectivity index (χ4v) is 1.25. The van der Waals surface area contributed by atoms with Crippen LogP contribution in [0, 0.1) is 0 Å². The van der Waals surface area contributed by atoms with Gasteiger partial charge >= 0.3 is 0 Å². The number of hydrogen-bond donors (Lipinski definition) is 0. The summed E-state index contributed by atoms with van der Waals surface area (Å²) in [6.07, 6.45) is 0. The van der Waals surface area contributed by atoms with Gasteiger partial charge in [-0.25, -0.2) is 4.39 Å². The van der Waals surface area contributed by atoms with E-state index < -0.39 is 0 Å². The molecule has 1 unspecified atom stereocenters. The Morgan fingerprint density at radius 1 is 1.36 bits per heavy atom. The zero-order chi connectivity index (χ0) is 7.68. The second-order valence-electron chi connectivity index (χ2n) is 2.80. The molecule has 58 valence electrons. The van der Waals surface area contributed by atoms with Gasteiger partial charge < -0.3 is 4.90 Å². The van der Waals surface area contributed by atoms with Gasteiger partial charge in [-0.15, -0.1) is 0 Å². The zero-order valence-electron chi connectivity index (χ0n) is 6.20. The molecule has 11 heavy (non-hydrogen) atoms. The molecule has 1 aliphatic heterocycles. The lowest BCUT2D eigenvalue weighted by molar-refractivity contribution is 0.495. The van der Waals surface area contributed by atoms with E-state index in [9.17, 15) is 4.39 Å². The van der Waals surface area contributed by atoms with Crippen molar-refractivity contribution in [2.24, 2.45) is 0 Å². The van der Waals surface area contributed by atoms with Gasteiger partial charge in [-0.3, -0.25) is 0 Å². The molecule has 1 aliphatic rings. The normalized spacial score (nSPS) is 21.9. The van der Waals surface area contributed by atoms with Gasteiger partial charge in [0, 0.05) is 12.2 Å². The highest BCUT2D eigenvalue weighted by Crippen LogP contribution is 2.26. The Morgan fingerprint density at radius 3 is 2.64 bits per heavy atom. The summed E-state index contributed by atoms with van der Waals surface area (Å²) in [6.45, 7) is 0.648. The Morgan fingerprint density at radius 2 is 2.09 bits per heavy atom. The Bertz CT molecular complexity index is 235. The van der Waals surface area contributed by atoms with Gasteiger partial charge in [0.15, 0.2) is 0 Å². The first-order valence-corrected chi connectivity index (χ1v) is 3.79. The van der Waals surface area contributed by atoms with Crippen LogP contribution in [-0.2, 0) is 0 Å². The fourth-order valence-electron chi connectivity index (χ4n) is 1.25. The van der Waals surface area contributed by atoms with Crippen LogP contribution >= 0.6 is 0 Å². The first-order valence-electron chi connectivity index (χ1n) is 3.79. The van der Waals surface area contributed by atoms with Crippen molar-refractivity contribution in [3.8, 4) is 0 Å². The fraction of sp³-hybridized carbons (Fsp3) is 0.333. The van der Waals surface area contributed by atoms with Gasteiger partial charge in [-0.1, -0.05) is 18.2 Å². The molecule has 1 nitrogen and oxygen atoms in total. The van der Waals surface area contributed by atoms with Gasteiger partial charge in [-0.2, -0.15) is 0 Å². The van der Waals surface area contributed by atoms with Crippen LogP contribution in [0.15, 0.2) is 30.3 Å². The molecule has 2 rings (SSSR count). The molecule has 0 aromatic heterocycles. The minimum atomic E-state index is -0.227. The highest BCUT2D eigenvalue weighted by atomic mass is 19.1. The molecule has 1 aromatic rings. The standard InChI is InChI=1S/C9H10FN/c10-6-9-7-11(9)8-4-2-1-3-5-8/h1-5,9H,6-7H2. The molecule has 1 saturated heterocycles. The molecule has 1 fully saturated rings. The third kappa shape index (κ3) is 1.20. The number of nitrogens with zero attached hydrogens (tertiary/aromatic N) is 1. The summed E-state index contributed by atoms with van der Waals surface area (Å²) in [4.78, 5) is 2.06. The molecule has 1 atom stereocenters. The maximum absolute atomic E-state index is 12.1. The average molecular weight is 151 g/mol. The van der Waals surface area contributed by atoms with Crippen LogP contribution < -0.4 is 4.90 Å². The van der Waals surface area contributed by atoms with Crippen molar-refractivity contribution in [2.45, 2.75) is 6.04 Å². The monoisotopic (exact) mass is 151 g/mol. The summed E-state index contributed by atoms with van der Waals surface area (Å²) in [5, 5.41) is 0. The Hall–Kier alpha value is -1.05. The molecule has 1 aromatic carbocycles. The van der Waals surface area contributed by atoms with Crippen molar-refractivity contribution in [3.05, 3.63) is 30.3 Å². The number of alkyl halides is 1. The van der Waals surface area contributed by atoms with Crippen LogP contribution in [0.1, 0.15) is 0 Å². The lowest BCUT2D eigenvalue weighted by atomic mass is 10.3. The molecule has 0 bridgehead atoms. The SMILES string of the molecule is FCC1CN1c1ccccc1. The Balaban J connectivity index is 2.09. The molecule has 0 amide bonds. The topological polar surface area (TPSA) is 3.01 Å². The number of benzene rings is 1. The number of halogens is 1. The van der Waals surface area contributed by atoms with Crippen molar-refractivity contribution in [1.29, 1.82) is 0 Å². The van der Waals surface area contributed by atoms with Gasteiger partial charge in [0.25, 0.3) is 0 Å². The second-order valence-corrected chi connectivity index (χ2v) is 2.80. The second kappa shape index (κ2) is 2.53. The first-order chi connectivity index (χ1) is 5.42. The highest BCUT2D eigenvalue weighted by molar-refractivity contribution is 5.53. The van der Waals surface area contributed by atoms with E-state index in [0.29, 0.717) is 0 Å². The average Bonchev–Trinajstić information content (AvgIpc) is 2.85. The first kappa shape index (κ1) is 6.65. The third-order valence-corrected chi connectivity index (χ3v) is 1.98. The molecule has 2 heteroatoms. The minimum Gasteiger partial charge on any atom is -0.362 e. The number of rotatable bonds is 2. The molecular weight excluding hydrogens is 141 g/mol. The number of hydrogen-bond acceptors (Lipinski definition) is 1. The van der Waals surface area contributed by atoms with E-state index in [1.807, 2.05) is 30.3 Å². The van der Waals surface area contributed by atoms with Gasteiger partial charge in [0.2, 0.25) is 0 Å². The van der Waals surface area contributed by atoms with E-state index in [2.05, 4.69) is 4.90 Å². The smallest absolute Gasteiger partial charge is 0.111 e. The van der Waals surface area contributed by atoms with E-state index in [1.165, 1.54) is 0 Å². The molecular formula is C9H10FN. The van der Waals surface area contributed by atoms with Crippen LogP contribution in [0.3, 0.4) is 0 Å². The summed E-state index contributed by atoms with van der Waals surface area (Å²) >= 11 is 0. The van der Waals surface area contributed by atoms with Crippen LogP contribution in [0.2, 0.25) is 0 Å². The van der Waals surface area contributed by atoms with Crippen molar-refractivity contribution >= 4 is 5.69 Å². The van der Waals surface area contributed by atoms with E-state index in [0.717, 1.165) is 12.2 Å². The predicted octanol–water partition coefficient (Wildman–Crippen LogP) is 1.84. The van der Waals surface area contributed by atoms with Crippen LogP contribution in [-0.4, -0.2) is 19.3 Å². The largest absolute Gasteiger partial charge is 0.362 e. The Kier molecular flexibility index (Phi) is 1.53. The lowest BCUT2D eigenvalue weighted by Gasteiger charge is -2.01. The van der Waals surface area contributed by atoms with E-state index in [1.54, 1.807) is 0 Å². The molecule has 0 N–H and O–H groups in total. The maximum Gasteiger partial charge on any atom is 0.111 e. The predicted molar refractivity (Wildman–Crippen MR) is 43.6 cm³/mol. The van der Waals surface area contributed by atoms with Crippen molar-refractivity contribution in [1.82, 2.24) is 0 Å². The third-order valence-electron chi connectivity index (χ3n) is 1.98.